The molecule has 3 rings (SSSR count). The molecule has 9 heteroatoms. The van der Waals surface area contributed by atoms with Gasteiger partial charge in [-0.2, -0.15) is 4.98 Å². The van der Waals surface area contributed by atoms with Crippen LogP contribution in [-0.4, -0.2) is 25.6 Å². The first-order valence-electron chi connectivity index (χ1n) is 6.61. The second kappa shape index (κ2) is 5.62. The summed E-state index contributed by atoms with van der Waals surface area (Å²) in [5.74, 6) is 0.468. The molecule has 0 amide bonds. The minimum absolute atomic E-state index is 0.311. The van der Waals surface area contributed by atoms with Gasteiger partial charge in [-0.15, -0.1) is 11.3 Å². The summed E-state index contributed by atoms with van der Waals surface area (Å²) >= 11 is 7.42. The lowest BCUT2D eigenvalue weighted by Crippen LogP contribution is -2.36. The topological polar surface area (TPSA) is 84.7 Å². The lowest BCUT2D eigenvalue weighted by atomic mass is 10.3. The third-order valence-corrected chi connectivity index (χ3v) is 4.68. The van der Waals surface area contributed by atoms with E-state index >= 15 is 0 Å². The molecule has 0 unspecified atom stereocenters. The standard InChI is InChI=1S/C13H14ClN5O2S/c1-18-10-9(11(20)19(2)13(18)21)16-12(17-10)15-6-5-7-3-4-8(14)22-7/h3-4H,5-6H2,1-2H3,(H2,15,16,17). The lowest BCUT2D eigenvalue weighted by molar-refractivity contribution is 0.709. The summed E-state index contributed by atoms with van der Waals surface area (Å²) in [6, 6.07) is 3.84. The maximum absolute atomic E-state index is 12.1. The Labute approximate surface area is 134 Å². The van der Waals surface area contributed by atoms with Gasteiger partial charge in [-0.25, -0.2) is 4.79 Å². The van der Waals surface area contributed by atoms with Crippen LogP contribution in [0, 0.1) is 0 Å². The molecule has 116 valence electrons. The maximum atomic E-state index is 12.1. The summed E-state index contributed by atoms with van der Waals surface area (Å²) in [6.07, 6.45) is 0.797. The molecule has 0 aliphatic heterocycles. The fraction of sp³-hybridized carbons (Fsp3) is 0.308. The molecule has 0 radical (unpaired) electrons. The van der Waals surface area contributed by atoms with E-state index in [0.29, 0.717) is 23.7 Å². The van der Waals surface area contributed by atoms with Crippen molar-refractivity contribution in [1.82, 2.24) is 19.1 Å². The Hall–Kier alpha value is -2.06. The first kappa shape index (κ1) is 14.9. The number of nitrogens with zero attached hydrogens (tertiary/aromatic N) is 3. The first-order valence-corrected chi connectivity index (χ1v) is 7.80. The van der Waals surface area contributed by atoms with Crippen LogP contribution in [0.3, 0.4) is 0 Å². The van der Waals surface area contributed by atoms with Crippen LogP contribution in [0.25, 0.3) is 11.2 Å². The fourth-order valence-electron chi connectivity index (χ4n) is 2.20. The van der Waals surface area contributed by atoms with Gasteiger partial charge in [0.1, 0.15) is 0 Å². The van der Waals surface area contributed by atoms with Crippen molar-refractivity contribution in [1.29, 1.82) is 0 Å². The van der Waals surface area contributed by atoms with Crippen LogP contribution in [0.15, 0.2) is 21.7 Å². The smallest absolute Gasteiger partial charge is 0.332 e. The molecule has 7 nitrogen and oxygen atoms in total. The van der Waals surface area contributed by atoms with Gasteiger partial charge < -0.3 is 10.3 Å². The lowest BCUT2D eigenvalue weighted by Gasteiger charge is -2.00. The molecule has 0 saturated heterocycles. The highest BCUT2D eigenvalue weighted by Gasteiger charge is 2.13. The van der Waals surface area contributed by atoms with Crippen LogP contribution in [0.1, 0.15) is 4.88 Å². The van der Waals surface area contributed by atoms with Crippen molar-refractivity contribution in [3.63, 3.8) is 0 Å². The third-order valence-electron chi connectivity index (χ3n) is 3.39. The third kappa shape index (κ3) is 2.55. The second-order valence-corrected chi connectivity index (χ2v) is 6.67. The zero-order valence-corrected chi connectivity index (χ0v) is 13.6. The largest absolute Gasteiger partial charge is 0.355 e. The van der Waals surface area contributed by atoms with Gasteiger partial charge in [-0.1, -0.05) is 11.6 Å². The van der Waals surface area contributed by atoms with Gasteiger partial charge >= 0.3 is 5.69 Å². The summed E-state index contributed by atoms with van der Waals surface area (Å²) in [5, 5.41) is 3.12. The molecular weight excluding hydrogens is 326 g/mol. The van der Waals surface area contributed by atoms with E-state index in [4.69, 9.17) is 11.6 Å². The van der Waals surface area contributed by atoms with E-state index in [-0.39, 0.29) is 5.56 Å². The average Bonchev–Trinajstić information content (AvgIpc) is 3.10. The molecule has 22 heavy (non-hydrogen) atoms. The van der Waals surface area contributed by atoms with Crippen molar-refractivity contribution in [2.24, 2.45) is 14.1 Å². The molecule has 3 aromatic heterocycles. The summed E-state index contributed by atoms with van der Waals surface area (Å²) in [6.45, 7) is 0.644. The number of halogens is 1. The summed E-state index contributed by atoms with van der Waals surface area (Å²) in [7, 11) is 3.03. The predicted molar refractivity (Wildman–Crippen MR) is 88.1 cm³/mol. The Morgan fingerprint density at radius 2 is 2.09 bits per heavy atom. The van der Waals surface area contributed by atoms with Crippen molar-refractivity contribution in [3.05, 3.63) is 42.2 Å². The zero-order valence-electron chi connectivity index (χ0n) is 12.0. The molecule has 0 saturated carbocycles. The molecule has 0 aromatic carbocycles. The highest BCUT2D eigenvalue weighted by molar-refractivity contribution is 7.16. The average molecular weight is 340 g/mol. The van der Waals surface area contributed by atoms with E-state index in [9.17, 15) is 9.59 Å². The Morgan fingerprint density at radius 1 is 1.32 bits per heavy atom. The predicted octanol–water partition coefficient (Wildman–Crippen LogP) is 1.33. The Bertz CT molecular complexity index is 952. The van der Waals surface area contributed by atoms with Gasteiger partial charge in [-0.3, -0.25) is 13.9 Å². The highest BCUT2D eigenvalue weighted by Crippen LogP contribution is 2.21. The van der Waals surface area contributed by atoms with Crippen molar-refractivity contribution >= 4 is 40.0 Å². The number of hydrogen-bond acceptors (Lipinski definition) is 5. The molecule has 0 atom stereocenters. The zero-order chi connectivity index (χ0) is 15.9. The van der Waals surface area contributed by atoms with E-state index in [0.717, 1.165) is 20.2 Å². The molecule has 0 bridgehead atoms. The first-order chi connectivity index (χ1) is 10.5. The van der Waals surface area contributed by atoms with Gasteiger partial charge in [0.15, 0.2) is 11.2 Å². The minimum Gasteiger partial charge on any atom is -0.355 e. The number of thiophene rings is 1. The maximum Gasteiger partial charge on any atom is 0.332 e. The number of anilines is 1. The van der Waals surface area contributed by atoms with E-state index in [1.165, 1.54) is 23.0 Å². The molecular formula is C13H14ClN5O2S. The van der Waals surface area contributed by atoms with E-state index < -0.39 is 5.69 Å². The van der Waals surface area contributed by atoms with E-state index in [1.807, 2.05) is 12.1 Å². The molecule has 3 heterocycles. The van der Waals surface area contributed by atoms with Crippen LogP contribution in [-0.2, 0) is 20.5 Å². The number of aryl methyl sites for hydroxylation is 1. The number of aromatic nitrogens is 4. The molecule has 0 fully saturated rings. The summed E-state index contributed by atoms with van der Waals surface area (Å²) < 4.78 is 3.16. The van der Waals surface area contributed by atoms with Crippen molar-refractivity contribution in [2.45, 2.75) is 6.42 Å². The number of H-pyrrole nitrogens is 1. The van der Waals surface area contributed by atoms with Gasteiger partial charge in [-0.05, 0) is 18.6 Å². The Balaban J connectivity index is 1.83. The number of nitrogens with one attached hydrogen (secondary N) is 2. The van der Waals surface area contributed by atoms with Crippen LogP contribution >= 0.6 is 22.9 Å². The number of fused-ring (bicyclic) bond motifs is 1. The van der Waals surface area contributed by atoms with Gasteiger partial charge in [0, 0.05) is 25.5 Å². The summed E-state index contributed by atoms with van der Waals surface area (Å²) in [4.78, 5) is 32.3. The van der Waals surface area contributed by atoms with E-state index in [1.54, 1.807) is 7.05 Å². The van der Waals surface area contributed by atoms with Crippen LogP contribution in [0.5, 0.6) is 0 Å². The van der Waals surface area contributed by atoms with Gasteiger partial charge in [0.2, 0.25) is 5.95 Å². The SMILES string of the molecule is Cn1c(=O)c2[nH]c(NCCc3ccc(Cl)s3)nc2n(C)c1=O. The number of imidazole rings is 1. The Morgan fingerprint density at radius 3 is 2.77 bits per heavy atom. The minimum atomic E-state index is -0.399. The monoisotopic (exact) mass is 339 g/mol. The molecule has 2 N–H and O–H groups in total. The van der Waals surface area contributed by atoms with Crippen LogP contribution in [0.4, 0.5) is 5.95 Å². The molecule has 0 spiro atoms. The number of aromatic amines is 1. The van der Waals surface area contributed by atoms with Crippen LogP contribution < -0.4 is 16.6 Å². The van der Waals surface area contributed by atoms with Crippen molar-refractivity contribution < 1.29 is 0 Å². The molecule has 0 aliphatic carbocycles. The molecule has 3 aromatic rings. The highest BCUT2D eigenvalue weighted by atomic mass is 35.5. The van der Waals surface area contributed by atoms with Crippen molar-refractivity contribution in [2.75, 3.05) is 11.9 Å². The van der Waals surface area contributed by atoms with Crippen LogP contribution in [0.2, 0.25) is 4.34 Å². The quantitative estimate of drug-likeness (QED) is 0.751. The number of hydrogen-bond donors (Lipinski definition) is 2. The van der Waals surface area contributed by atoms with Gasteiger partial charge in [0.05, 0.1) is 4.34 Å². The molecule has 0 aliphatic rings. The second-order valence-electron chi connectivity index (χ2n) is 4.87. The van der Waals surface area contributed by atoms with E-state index in [2.05, 4.69) is 15.3 Å². The fourth-order valence-corrected chi connectivity index (χ4v) is 3.29. The van der Waals surface area contributed by atoms with Crippen molar-refractivity contribution in [3.8, 4) is 0 Å². The summed E-state index contributed by atoms with van der Waals surface area (Å²) in [5.41, 5.74) is -0.131. The Kier molecular flexibility index (Phi) is 3.79. The normalized spacial score (nSPS) is 11.2. The van der Waals surface area contributed by atoms with Gasteiger partial charge in [0.25, 0.3) is 5.56 Å². The number of rotatable bonds is 4.